The highest BCUT2D eigenvalue weighted by Crippen LogP contribution is 2.19. The van der Waals surface area contributed by atoms with Gasteiger partial charge in [-0.05, 0) is 31.9 Å². The third kappa shape index (κ3) is 3.67. The molecule has 1 aromatic carbocycles. The number of hydrogen-bond acceptors (Lipinski definition) is 3. The van der Waals surface area contributed by atoms with Gasteiger partial charge in [-0.1, -0.05) is 30.5 Å². The second-order valence-electron chi connectivity index (χ2n) is 5.84. The van der Waals surface area contributed by atoms with Gasteiger partial charge in [0.25, 0.3) is 0 Å². The summed E-state index contributed by atoms with van der Waals surface area (Å²) in [6, 6.07) is 8.57. The van der Waals surface area contributed by atoms with Crippen molar-refractivity contribution in [2.45, 2.75) is 45.2 Å². The minimum absolute atomic E-state index is 0.431. The first-order valence-corrected chi connectivity index (χ1v) is 7.78. The molecule has 3 N–H and O–H groups in total. The predicted octanol–water partition coefficient (Wildman–Crippen LogP) is 3.00. The highest BCUT2D eigenvalue weighted by atomic mass is 16.3. The minimum Gasteiger partial charge on any atom is -0.444 e. The summed E-state index contributed by atoms with van der Waals surface area (Å²) >= 11 is 0. The van der Waals surface area contributed by atoms with Gasteiger partial charge in [0.1, 0.15) is 12.0 Å². The SMILES string of the molecule is Cc1ccc(-c2nc(CN=C(N)NC3CCCC3)co2)cc1. The number of hydrogen-bond donors (Lipinski definition) is 2. The Balaban J connectivity index is 1.60. The van der Waals surface area contributed by atoms with Crippen molar-refractivity contribution >= 4 is 5.96 Å². The Morgan fingerprint density at radius 2 is 2.05 bits per heavy atom. The van der Waals surface area contributed by atoms with Gasteiger partial charge >= 0.3 is 0 Å². The molecule has 22 heavy (non-hydrogen) atoms. The van der Waals surface area contributed by atoms with Crippen molar-refractivity contribution in [2.24, 2.45) is 10.7 Å². The molecule has 1 aliphatic rings. The van der Waals surface area contributed by atoms with Gasteiger partial charge in [0.05, 0.1) is 6.54 Å². The van der Waals surface area contributed by atoms with E-state index in [0.717, 1.165) is 11.3 Å². The number of aromatic nitrogens is 1. The summed E-state index contributed by atoms with van der Waals surface area (Å²) in [6.07, 6.45) is 6.54. The maximum Gasteiger partial charge on any atom is 0.226 e. The molecule has 1 aromatic heterocycles. The molecule has 0 spiro atoms. The number of rotatable bonds is 4. The van der Waals surface area contributed by atoms with Crippen LogP contribution in [0.1, 0.15) is 36.9 Å². The molecule has 2 aromatic rings. The molecule has 0 aliphatic heterocycles. The van der Waals surface area contributed by atoms with Crippen LogP contribution in [0.15, 0.2) is 39.9 Å². The number of aryl methyl sites for hydroxylation is 1. The number of guanidine groups is 1. The maximum atomic E-state index is 5.92. The number of nitrogens with two attached hydrogens (primary N) is 1. The molecule has 1 heterocycles. The topological polar surface area (TPSA) is 76.4 Å². The summed E-state index contributed by atoms with van der Waals surface area (Å²) in [7, 11) is 0. The van der Waals surface area contributed by atoms with Gasteiger partial charge in [-0.15, -0.1) is 0 Å². The van der Waals surface area contributed by atoms with Crippen molar-refractivity contribution in [1.82, 2.24) is 10.3 Å². The normalized spacial score (nSPS) is 16.1. The second-order valence-corrected chi connectivity index (χ2v) is 5.84. The van der Waals surface area contributed by atoms with Crippen molar-refractivity contribution in [3.8, 4) is 11.5 Å². The van der Waals surface area contributed by atoms with Crippen LogP contribution in [0.25, 0.3) is 11.5 Å². The van der Waals surface area contributed by atoms with Crippen LogP contribution >= 0.6 is 0 Å². The van der Waals surface area contributed by atoms with Crippen molar-refractivity contribution in [2.75, 3.05) is 0 Å². The van der Waals surface area contributed by atoms with Crippen LogP contribution in [0.4, 0.5) is 0 Å². The summed E-state index contributed by atoms with van der Waals surface area (Å²) in [6.45, 7) is 2.49. The molecular formula is C17H22N4O. The molecule has 0 atom stereocenters. The molecule has 0 unspecified atom stereocenters. The van der Waals surface area contributed by atoms with E-state index in [-0.39, 0.29) is 0 Å². The summed E-state index contributed by atoms with van der Waals surface area (Å²) in [5.41, 5.74) is 8.88. The van der Waals surface area contributed by atoms with Crippen molar-refractivity contribution in [1.29, 1.82) is 0 Å². The summed E-state index contributed by atoms with van der Waals surface area (Å²) in [5, 5.41) is 3.26. The molecule has 1 saturated carbocycles. The molecule has 1 fully saturated rings. The van der Waals surface area contributed by atoms with Crippen LogP contribution in [0.3, 0.4) is 0 Å². The van der Waals surface area contributed by atoms with Gasteiger partial charge in [0.15, 0.2) is 5.96 Å². The van der Waals surface area contributed by atoms with Crippen LogP contribution in [-0.2, 0) is 6.54 Å². The van der Waals surface area contributed by atoms with Gasteiger partial charge in [-0.3, -0.25) is 0 Å². The van der Waals surface area contributed by atoms with Crippen LogP contribution in [0, 0.1) is 6.92 Å². The first-order chi connectivity index (χ1) is 10.7. The quantitative estimate of drug-likeness (QED) is 0.672. The fraction of sp³-hybridized carbons (Fsp3) is 0.412. The molecule has 0 bridgehead atoms. The molecular weight excluding hydrogens is 276 g/mol. The first-order valence-electron chi connectivity index (χ1n) is 7.78. The van der Waals surface area contributed by atoms with Crippen molar-refractivity contribution in [3.63, 3.8) is 0 Å². The van der Waals surface area contributed by atoms with Crippen LogP contribution < -0.4 is 11.1 Å². The molecule has 1 aliphatic carbocycles. The average Bonchev–Trinajstić information content (AvgIpc) is 3.17. The van der Waals surface area contributed by atoms with E-state index in [2.05, 4.69) is 22.2 Å². The average molecular weight is 298 g/mol. The molecule has 5 nitrogen and oxygen atoms in total. The third-order valence-electron chi connectivity index (χ3n) is 3.97. The zero-order chi connectivity index (χ0) is 15.4. The Morgan fingerprint density at radius 1 is 1.32 bits per heavy atom. The lowest BCUT2D eigenvalue weighted by Gasteiger charge is -2.11. The number of aliphatic imine (C=N–C) groups is 1. The van der Waals surface area contributed by atoms with Crippen molar-refractivity contribution < 1.29 is 4.42 Å². The van der Waals surface area contributed by atoms with E-state index in [4.69, 9.17) is 10.2 Å². The Morgan fingerprint density at radius 3 is 2.77 bits per heavy atom. The van der Waals surface area contributed by atoms with E-state index in [1.807, 2.05) is 24.3 Å². The molecule has 5 heteroatoms. The standard InChI is InChI=1S/C17H22N4O/c1-12-6-8-13(9-7-12)16-20-15(11-22-16)10-19-17(18)21-14-4-2-3-5-14/h6-9,11,14H,2-5,10H2,1H3,(H3,18,19,21). The number of oxazole rings is 1. The number of nitrogens with one attached hydrogen (secondary N) is 1. The smallest absolute Gasteiger partial charge is 0.226 e. The first kappa shape index (κ1) is 14.6. The van der Waals surface area contributed by atoms with Gasteiger partial charge in [0.2, 0.25) is 5.89 Å². The zero-order valence-electron chi connectivity index (χ0n) is 12.9. The highest BCUT2D eigenvalue weighted by molar-refractivity contribution is 5.78. The maximum absolute atomic E-state index is 5.92. The van der Waals surface area contributed by atoms with E-state index < -0.39 is 0 Å². The highest BCUT2D eigenvalue weighted by Gasteiger charge is 2.14. The van der Waals surface area contributed by atoms with E-state index >= 15 is 0 Å². The lowest BCUT2D eigenvalue weighted by Crippen LogP contribution is -2.38. The monoisotopic (exact) mass is 298 g/mol. The summed E-state index contributed by atoms with van der Waals surface area (Å²) in [5.74, 6) is 1.11. The Hall–Kier alpha value is -2.30. The molecule has 0 amide bonds. The van der Waals surface area contributed by atoms with Crippen molar-refractivity contribution in [3.05, 3.63) is 41.8 Å². The zero-order valence-corrected chi connectivity index (χ0v) is 12.9. The van der Waals surface area contributed by atoms with Gasteiger partial charge in [-0.2, -0.15) is 0 Å². The second kappa shape index (κ2) is 6.64. The Kier molecular flexibility index (Phi) is 4.42. The van der Waals surface area contributed by atoms with E-state index in [1.165, 1.54) is 31.2 Å². The molecule has 3 rings (SSSR count). The molecule has 0 radical (unpaired) electrons. The van der Waals surface area contributed by atoms with Crippen LogP contribution in [-0.4, -0.2) is 17.0 Å². The lowest BCUT2D eigenvalue weighted by atomic mass is 10.1. The van der Waals surface area contributed by atoms with Gasteiger partial charge in [-0.25, -0.2) is 9.98 Å². The molecule has 116 valence electrons. The fourth-order valence-corrected chi connectivity index (χ4v) is 2.70. The Bertz CT molecular complexity index is 639. The minimum atomic E-state index is 0.431. The van der Waals surface area contributed by atoms with Crippen LogP contribution in [0.5, 0.6) is 0 Å². The lowest BCUT2D eigenvalue weighted by molar-refractivity contribution is 0.572. The van der Waals surface area contributed by atoms with E-state index in [0.29, 0.717) is 24.4 Å². The molecule has 0 saturated heterocycles. The summed E-state index contributed by atoms with van der Waals surface area (Å²) in [4.78, 5) is 8.80. The van der Waals surface area contributed by atoms with Gasteiger partial charge in [0, 0.05) is 11.6 Å². The van der Waals surface area contributed by atoms with E-state index in [9.17, 15) is 0 Å². The summed E-state index contributed by atoms with van der Waals surface area (Å²) < 4.78 is 5.51. The largest absolute Gasteiger partial charge is 0.444 e. The number of nitrogens with zero attached hydrogens (tertiary/aromatic N) is 2. The predicted molar refractivity (Wildman–Crippen MR) is 87.4 cm³/mol. The Labute approximate surface area is 130 Å². The van der Waals surface area contributed by atoms with Crippen LogP contribution in [0.2, 0.25) is 0 Å². The van der Waals surface area contributed by atoms with Gasteiger partial charge < -0.3 is 15.5 Å². The number of benzene rings is 1. The fourth-order valence-electron chi connectivity index (χ4n) is 2.70. The van der Waals surface area contributed by atoms with E-state index in [1.54, 1.807) is 6.26 Å². The third-order valence-corrected chi connectivity index (χ3v) is 3.97.